The lowest BCUT2D eigenvalue weighted by Gasteiger charge is -2.18. The Balaban J connectivity index is 2.40. The molecule has 2 heteroatoms. The number of rotatable bonds is 3. The minimum absolute atomic E-state index is 0.100. The summed E-state index contributed by atoms with van der Waals surface area (Å²) >= 11 is 0. The van der Waals surface area contributed by atoms with Gasteiger partial charge in [-0.2, -0.15) is 0 Å². The van der Waals surface area contributed by atoms with E-state index in [1.807, 2.05) is 50.4 Å². The van der Waals surface area contributed by atoms with Crippen LogP contribution in [0.2, 0.25) is 0 Å². The highest BCUT2D eigenvalue weighted by molar-refractivity contribution is 5.33. The van der Waals surface area contributed by atoms with Crippen LogP contribution < -0.4 is 5.32 Å². The second kappa shape index (κ2) is 5.11. The predicted octanol–water partition coefficient (Wildman–Crippen LogP) is 3.44. The molecule has 1 unspecified atom stereocenters. The van der Waals surface area contributed by atoms with E-state index in [1.54, 1.807) is 6.07 Å². The van der Waals surface area contributed by atoms with Crippen LogP contribution in [0, 0.1) is 12.7 Å². The molecule has 0 aliphatic heterocycles. The molecule has 0 amide bonds. The van der Waals surface area contributed by atoms with Crippen LogP contribution in [0.1, 0.15) is 22.7 Å². The Morgan fingerprint density at radius 1 is 1.00 bits per heavy atom. The molecule has 0 aliphatic carbocycles. The molecule has 1 N–H and O–H groups in total. The largest absolute Gasteiger partial charge is 0.309 e. The van der Waals surface area contributed by atoms with Gasteiger partial charge in [0, 0.05) is 5.56 Å². The Morgan fingerprint density at radius 3 is 2.24 bits per heavy atom. The second-order valence-electron chi connectivity index (χ2n) is 4.15. The van der Waals surface area contributed by atoms with E-state index < -0.39 is 0 Å². The third kappa shape index (κ3) is 2.53. The van der Waals surface area contributed by atoms with Crippen molar-refractivity contribution >= 4 is 0 Å². The molecule has 2 aromatic carbocycles. The van der Waals surface area contributed by atoms with E-state index in [0.29, 0.717) is 5.56 Å². The van der Waals surface area contributed by atoms with Gasteiger partial charge in [-0.25, -0.2) is 4.39 Å². The summed E-state index contributed by atoms with van der Waals surface area (Å²) in [5, 5.41) is 3.15. The van der Waals surface area contributed by atoms with E-state index >= 15 is 0 Å². The summed E-state index contributed by atoms with van der Waals surface area (Å²) in [4.78, 5) is 0. The van der Waals surface area contributed by atoms with Gasteiger partial charge in [0.05, 0.1) is 6.04 Å². The SMILES string of the molecule is CNC(c1ccc(C)cc1)c1ccccc1F. The molecule has 1 nitrogen and oxygen atoms in total. The molecule has 2 rings (SSSR count). The van der Waals surface area contributed by atoms with Crippen LogP contribution in [0.15, 0.2) is 48.5 Å². The van der Waals surface area contributed by atoms with Gasteiger partial charge >= 0.3 is 0 Å². The summed E-state index contributed by atoms with van der Waals surface area (Å²) < 4.78 is 13.8. The lowest BCUT2D eigenvalue weighted by atomic mass is 9.97. The van der Waals surface area contributed by atoms with Gasteiger partial charge in [-0.3, -0.25) is 0 Å². The molecular weight excluding hydrogens is 213 g/mol. The highest BCUT2D eigenvalue weighted by Gasteiger charge is 2.14. The number of nitrogens with one attached hydrogen (secondary N) is 1. The first kappa shape index (κ1) is 11.8. The Kier molecular flexibility index (Phi) is 3.55. The highest BCUT2D eigenvalue weighted by atomic mass is 19.1. The van der Waals surface area contributed by atoms with Gasteiger partial charge in [0.25, 0.3) is 0 Å². The zero-order valence-corrected chi connectivity index (χ0v) is 10.1. The number of benzene rings is 2. The number of aryl methyl sites for hydroxylation is 1. The molecule has 0 aromatic heterocycles. The van der Waals surface area contributed by atoms with Gasteiger partial charge in [0.15, 0.2) is 0 Å². The maximum Gasteiger partial charge on any atom is 0.128 e. The normalized spacial score (nSPS) is 12.4. The minimum atomic E-state index is -0.174. The summed E-state index contributed by atoms with van der Waals surface area (Å²) in [6.07, 6.45) is 0. The molecule has 0 bridgehead atoms. The quantitative estimate of drug-likeness (QED) is 0.850. The number of hydrogen-bond donors (Lipinski definition) is 1. The van der Waals surface area contributed by atoms with E-state index in [0.717, 1.165) is 5.56 Å². The smallest absolute Gasteiger partial charge is 0.128 e. The number of hydrogen-bond acceptors (Lipinski definition) is 1. The molecule has 2 aromatic rings. The fraction of sp³-hybridized carbons (Fsp3) is 0.200. The van der Waals surface area contributed by atoms with E-state index in [9.17, 15) is 4.39 Å². The summed E-state index contributed by atoms with van der Waals surface area (Å²) in [5.74, 6) is -0.174. The van der Waals surface area contributed by atoms with Crippen molar-refractivity contribution in [1.29, 1.82) is 0 Å². The van der Waals surface area contributed by atoms with Crippen molar-refractivity contribution in [2.75, 3.05) is 7.05 Å². The van der Waals surface area contributed by atoms with Crippen molar-refractivity contribution in [3.05, 3.63) is 71.0 Å². The third-order valence-electron chi connectivity index (χ3n) is 2.92. The fourth-order valence-corrected chi connectivity index (χ4v) is 1.97. The first-order valence-electron chi connectivity index (χ1n) is 5.70. The third-order valence-corrected chi connectivity index (χ3v) is 2.92. The zero-order chi connectivity index (χ0) is 12.3. The second-order valence-corrected chi connectivity index (χ2v) is 4.15. The van der Waals surface area contributed by atoms with E-state index in [2.05, 4.69) is 5.32 Å². The Bertz CT molecular complexity index is 491. The molecule has 0 radical (unpaired) electrons. The van der Waals surface area contributed by atoms with Crippen LogP contribution in [0.25, 0.3) is 0 Å². The standard InChI is InChI=1S/C15H16FN/c1-11-7-9-12(10-8-11)15(17-2)13-5-3-4-6-14(13)16/h3-10,15,17H,1-2H3. The van der Waals surface area contributed by atoms with E-state index in [4.69, 9.17) is 0 Å². The molecular formula is C15H16FN. The van der Waals surface area contributed by atoms with Gasteiger partial charge in [-0.05, 0) is 25.6 Å². The molecule has 1 atom stereocenters. The molecule has 0 spiro atoms. The van der Waals surface area contributed by atoms with Crippen molar-refractivity contribution in [2.24, 2.45) is 0 Å². The Hall–Kier alpha value is -1.67. The number of halogens is 1. The lowest BCUT2D eigenvalue weighted by molar-refractivity contribution is 0.576. The summed E-state index contributed by atoms with van der Waals surface area (Å²) in [5.41, 5.74) is 2.96. The van der Waals surface area contributed by atoms with Crippen LogP contribution in [-0.4, -0.2) is 7.05 Å². The zero-order valence-electron chi connectivity index (χ0n) is 10.1. The van der Waals surface area contributed by atoms with Crippen molar-refractivity contribution in [3.8, 4) is 0 Å². The molecule has 0 fully saturated rings. The Morgan fingerprint density at radius 2 is 1.65 bits per heavy atom. The highest BCUT2D eigenvalue weighted by Crippen LogP contribution is 2.24. The molecule has 0 saturated heterocycles. The molecule has 88 valence electrons. The lowest BCUT2D eigenvalue weighted by Crippen LogP contribution is -2.18. The van der Waals surface area contributed by atoms with Crippen LogP contribution in [0.5, 0.6) is 0 Å². The maximum atomic E-state index is 13.8. The maximum absolute atomic E-state index is 13.8. The average molecular weight is 229 g/mol. The van der Waals surface area contributed by atoms with Crippen molar-refractivity contribution in [3.63, 3.8) is 0 Å². The fourth-order valence-electron chi connectivity index (χ4n) is 1.97. The van der Waals surface area contributed by atoms with Gasteiger partial charge in [-0.1, -0.05) is 48.0 Å². The predicted molar refractivity (Wildman–Crippen MR) is 68.5 cm³/mol. The Labute approximate surface area is 101 Å². The van der Waals surface area contributed by atoms with Crippen LogP contribution >= 0.6 is 0 Å². The molecule has 17 heavy (non-hydrogen) atoms. The van der Waals surface area contributed by atoms with Gasteiger partial charge in [-0.15, -0.1) is 0 Å². The summed E-state index contributed by atoms with van der Waals surface area (Å²) in [7, 11) is 1.84. The van der Waals surface area contributed by atoms with Crippen molar-refractivity contribution in [1.82, 2.24) is 5.32 Å². The first-order chi connectivity index (χ1) is 8.22. The van der Waals surface area contributed by atoms with Crippen molar-refractivity contribution < 1.29 is 4.39 Å². The molecule has 0 aliphatic rings. The average Bonchev–Trinajstić information content (AvgIpc) is 2.35. The van der Waals surface area contributed by atoms with Gasteiger partial charge in [0.2, 0.25) is 0 Å². The van der Waals surface area contributed by atoms with Crippen LogP contribution in [-0.2, 0) is 0 Å². The minimum Gasteiger partial charge on any atom is -0.309 e. The first-order valence-corrected chi connectivity index (χ1v) is 5.70. The van der Waals surface area contributed by atoms with Crippen molar-refractivity contribution in [2.45, 2.75) is 13.0 Å². The molecule has 0 saturated carbocycles. The van der Waals surface area contributed by atoms with Gasteiger partial charge in [0.1, 0.15) is 5.82 Å². The molecule has 0 heterocycles. The monoisotopic (exact) mass is 229 g/mol. The topological polar surface area (TPSA) is 12.0 Å². The van der Waals surface area contributed by atoms with Crippen LogP contribution in [0.4, 0.5) is 4.39 Å². The summed E-state index contributed by atoms with van der Waals surface area (Å²) in [6, 6.07) is 14.9. The van der Waals surface area contributed by atoms with E-state index in [1.165, 1.54) is 11.6 Å². The summed E-state index contributed by atoms with van der Waals surface area (Å²) in [6.45, 7) is 2.04. The van der Waals surface area contributed by atoms with Gasteiger partial charge < -0.3 is 5.32 Å². The van der Waals surface area contributed by atoms with Crippen LogP contribution in [0.3, 0.4) is 0 Å². The van der Waals surface area contributed by atoms with E-state index in [-0.39, 0.29) is 11.9 Å².